The molecule has 1 heterocycles. The quantitative estimate of drug-likeness (QED) is 0.829. The third kappa shape index (κ3) is 2.94. The molecule has 0 amide bonds. The first-order chi connectivity index (χ1) is 10.8. The first-order valence-electron chi connectivity index (χ1n) is 8.18. The molecule has 1 aromatic carbocycles. The van der Waals surface area contributed by atoms with Crippen LogP contribution in [0.4, 0.5) is 0 Å². The predicted octanol–water partition coefficient (Wildman–Crippen LogP) is 3.83. The van der Waals surface area contributed by atoms with Gasteiger partial charge in [0.2, 0.25) is 0 Å². The molecule has 1 saturated carbocycles. The molecular weight excluding hydrogens is 290 g/mol. The van der Waals surface area contributed by atoms with Gasteiger partial charge < -0.3 is 5.32 Å². The smallest absolute Gasteiger partial charge is 0.0991 e. The molecule has 2 aliphatic rings. The summed E-state index contributed by atoms with van der Waals surface area (Å²) in [5.41, 5.74) is 3.64. The molecule has 0 aromatic heterocycles. The lowest BCUT2D eigenvalue weighted by Gasteiger charge is -2.36. The summed E-state index contributed by atoms with van der Waals surface area (Å²) in [5.74, 6) is 0. The van der Waals surface area contributed by atoms with Gasteiger partial charge in [0.1, 0.15) is 0 Å². The fourth-order valence-corrected chi connectivity index (χ4v) is 4.75. The molecule has 0 saturated heterocycles. The van der Waals surface area contributed by atoms with Crippen molar-refractivity contribution in [3.63, 3.8) is 0 Å². The van der Waals surface area contributed by atoms with E-state index in [0.717, 1.165) is 18.7 Å². The van der Waals surface area contributed by atoms with Crippen molar-refractivity contribution < 1.29 is 0 Å². The lowest BCUT2D eigenvalue weighted by Crippen LogP contribution is -2.44. The normalized spacial score (nSPS) is 20.4. The summed E-state index contributed by atoms with van der Waals surface area (Å²) < 4.78 is 3.75. The molecule has 1 spiro atoms. The van der Waals surface area contributed by atoms with Gasteiger partial charge in [0, 0.05) is 11.4 Å². The molecule has 1 aliphatic carbocycles. The second-order valence-corrected chi connectivity index (χ2v) is 6.94. The maximum atomic E-state index is 8.97. The average molecular weight is 313 g/mol. The second kappa shape index (κ2) is 6.87. The van der Waals surface area contributed by atoms with E-state index in [1.165, 1.54) is 48.1 Å². The van der Waals surface area contributed by atoms with Crippen LogP contribution in [-0.2, 0) is 0 Å². The second-order valence-electron chi connectivity index (χ2n) is 6.12. The number of rotatable bonds is 4. The molecule has 3 nitrogen and oxygen atoms in total. The van der Waals surface area contributed by atoms with Crippen LogP contribution in [0, 0.1) is 11.3 Å². The highest BCUT2D eigenvalue weighted by atomic mass is 32.2. The summed E-state index contributed by atoms with van der Waals surface area (Å²) in [6.07, 6.45) is 6.45. The van der Waals surface area contributed by atoms with E-state index in [9.17, 15) is 0 Å². The van der Waals surface area contributed by atoms with Gasteiger partial charge >= 0.3 is 0 Å². The number of nitriles is 1. The van der Waals surface area contributed by atoms with Crippen molar-refractivity contribution in [3.05, 3.63) is 41.0 Å². The van der Waals surface area contributed by atoms with E-state index in [4.69, 9.17) is 5.26 Å². The summed E-state index contributed by atoms with van der Waals surface area (Å²) >= 11 is 1.78. The Balaban J connectivity index is 1.96. The molecule has 1 aromatic rings. The van der Waals surface area contributed by atoms with E-state index in [0.29, 0.717) is 0 Å². The number of nitrogens with one attached hydrogen (secondary N) is 2. The zero-order valence-corrected chi connectivity index (χ0v) is 13.9. The Morgan fingerprint density at radius 2 is 1.95 bits per heavy atom. The summed E-state index contributed by atoms with van der Waals surface area (Å²) in [7, 11) is 0. The minimum atomic E-state index is 0.175. The van der Waals surface area contributed by atoms with Gasteiger partial charge in [-0.05, 0) is 54.6 Å². The Hall–Kier alpha value is -1.28. The van der Waals surface area contributed by atoms with E-state index >= 15 is 0 Å². The van der Waals surface area contributed by atoms with E-state index in [1.807, 2.05) is 12.1 Å². The molecule has 0 unspecified atom stereocenters. The van der Waals surface area contributed by atoms with Crippen LogP contribution in [0.15, 0.2) is 29.8 Å². The number of hydrogen-bond acceptors (Lipinski definition) is 4. The Morgan fingerprint density at radius 1 is 1.23 bits per heavy atom. The van der Waals surface area contributed by atoms with Crippen LogP contribution >= 0.6 is 11.9 Å². The highest BCUT2D eigenvalue weighted by Gasteiger charge is 2.41. The highest BCUT2D eigenvalue weighted by Crippen LogP contribution is 2.47. The molecule has 4 heteroatoms. The molecule has 2 N–H and O–H groups in total. The van der Waals surface area contributed by atoms with Gasteiger partial charge in [0.05, 0.1) is 17.2 Å². The molecule has 0 atom stereocenters. The molecule has 116 valence electrons. The fraction of sp³-hybridized carbons (Fsp3) is 0.500. The standard InChI is InChI=1S/C18H23N3S/c1-2-20-13-16-17(15-8-6-14(12-19)7-9-15)22-21-18(16)10-4-3-5-11-18/h6-9,20-21H,2-5,10-11,13H2,1H3. The van der Waals surface area contributed by atoms with E-state index in [-0.39, 0.29) is 5.54 Å². The van der Waals surface area contributed by atoms with E-state index in [2.05, 4.69) is 35.2 Å². The molecule has 0 radical (unpaired) electrons. The van der Waals surface area contributed by atoms with Crippen LogP contribution in [0.3, 0.4) is 0 Å². The monoisotopic (exact) mass is 313 g/mol. The summed E-state index contributed by atoms with van der Waals surface area (Å²) in [4.78, 5) is 1.35. The SMILES string of the molecule is CCNCC1=C(c2ccc(C#N)cc2)SNC12CCCCC2. The van der Waals surface area contributed by atoms with Gasteiger partial charge in [-0.15, -0.1) is 0 Å². The molecular formula is C18H23N3S. The molecule has 3 rings (SSSR count). The van der Waals surface area contributed by atoms with Crippen LogP contribution in [0.2, 0.25) is 0 Å². The number of benzene rings is 1. The fourth-order valence-electron chi connectivity index (χ4n) is 3.48. The molecule has 0 bridgehead atoms. The van der Waals surface area contributed by atoms with Crippen LogP contribution in [0.25, 0.3) is 4.91 Å². The largest absolute Gasteiger partial charge is 0.313 e. The number of nitrogens with zero attached hydrogens (tertiary/aromatic N) is 1. The molecule has 1 aliphatic heterocycles. The lowest BCUT2D eigenvalue weighted by atomic mass is 9.76. The first-order valence-corrected chi connectivity index (χ1v) is 8.99. The minimum Gasteiger partial charge on any atom is -0.313 e. The molecule has 1 fully saturated rings. The van der Waals surface area contributed by atoms with Gasteiger partial charge in [0.15, 0.2) is 0 Å². The maximum absolute atomic E-state index is 8.97. The number of hydrogen-bond donors (Lipinski definition) is 2. The first kappa shape index (κ1) is 15.6. The van der Waals surface area contributed by atoms with E-state index in [1.54, 1.807) is 11.9 Å². The lowest BCUT2D eigenvalue weighted by molar-refractivity contribution is 0.321. The average Bonchev–Trinajstić information content (AvgIpc) is 2.91. The maximum Gasteiger partial charge on any atom is 0.0991 e. The zero-order chi connectivity index (χ0) is 15.4. The minimum absolute atomic E-state index is 0.175. The van der Waals surface area contributed by atoms with Crippen LogP contribution in [0.1, 0.15) is 50.2 Å². The molecule has 22 heavy (non-hydrogen) atoms. The van der Waals surface area contributed by atoms with Gasteiger partial charge in [-0.1, -0.05) is 38.3 Å². The Kier molecular flexibility index (Phi) is 4.87. The third-order valence-electron chi connectivity index (χ3n) is 4.74. The van der Waals surface area contributed by atoms with Crippen molar-refractivity contribution in [2.45, 2.75) is 44.6 Å². The van der Waals surface area contributed by atoms with Crippen molar-refractivity contribution in [2.24, 2.45) is 0 Å². The van der Waals surface area contributed by atoms with Gasteiger partial charge in [-0.25, -0.2) is 4.72 Å². The van der Waals surface area contributed by atoms with Gasteiger partial charge in [-0.3, -0.25) is 0 Å². The Morgan fingerprint density at radius 3 is 2.59 bits per heavy atom. The van der Waals surface area contributed by atoms with E-state index < -0.39 is 0 Å². The van der Waals surface area contributed by atoms with Crippen molar-refractivity contribution in [1.29, 1.82) is 5.26 Å². The van der Waals surface area contributed by atoms with Crippen molar-refractivity contribution in [1.82, 2.24) is 10.0 Å². The van der Waals surface area contributed by atoms with Crippen molar-refractivity contribution in [2.75, 3.05) is 13.1 Å². The summed E-state index contributed by atoms with van der Waals surface area (Å²) in [6, 6.07) is 10.2. The Bertz CT molecular complexity index is 592. The van der Waals surface area contributed by atoms with Gasteiger partial charge in [0.25, 0.3) is 0 Å². The topological polar surface area (TPSA) is 47.9 Å². The highest BCUT2D eigenvalue weighted by molar-refractivity contribution is 8.07. The summed E-state index contributed by atoms with van der Waals surface area (Å²) in [6.45, 7) is 4.10. The van der Waals surface area contributed by atoms with Crippen LogP contribution in [0.5, 0.6) is 0 Å². The number of likely N-dealkylation sites (N-methyl/N-ethyl adjacent to an activating group) is 1. The van der Waals surface area contributed by atoms with Crippen molar-refractivity contribution in [3.8, 4) is 6.07 Å². The van der Waals surface area contributed by atoms with Crippen LogP contribution in [-0.4, -0.2) is 18.6 Å². The predicted molar refractivity (Wildman–Crippen MR) is 93.2 cm³/mol. The van der Waals surface area contributed by atoms with Crippen molar-refractivity contribution >= 4 is 16.9 Å². The third-order valence-corrected chi connectivity index (χ3v) is 5.91. The van der Waals surface area contributed by atoms with Gasteiger partial charge in [-0.2, -0.15) is 5.26 Å². The van der Waals surface area contributed by atoms with Crippen LogP contribution < -0.4 is 10.0 Å². The Labute approximate surface area is 137 Å². The summed E-state index contributed by atoms with van der Waals surface area (Å²) in [5, 5.41) is 12.5. The zero-order valence-electron chi connectivity index (χ0n) is 13.1.